The molecule has 0 amide bonds. The summed E-state index contributed by atoms with van der Waals surface area (Å²) < 4.78 is 0. The van der Waals surface area contributed by atoms with E-state index in [4.69, 9.17) is 5.73 Å². The van der Waals surface area contributed by atoms with Crippen molar-refractivity contribution in [1.82, 2.24) is 9.88 Å². The third-order valence-electron chi connectivity index (χ3n) is 5.49. The highest BCUT2D eigenvalue weighted by molar-refractivity contribution is 6.04. The van der Waals surface area contributed by atoms with Crippen molar-refractivity contribution in [2.75, 3.05) is 37.2 Å². The second-order valence-electron chi connectivity index (χ2n) is 8.37. The van der Waals surface area contributed by atoms with Crippen LogP contribution < -0.4 is 16.5 Å². The smallest absolute Gasteiger partial charge is 0.199 e. The number of H-pyrrole nitrogens is 1. The van der Waals surface area contributed by atoms with Crippen LogP contribution in [0.15, 0.2) is 35.1 Å². The number of nitrogens with zero attached hydrogens (tertiary/aromatic N) is 1. The van der Waals surface area contributed by atoms with Crippen LogP contribution in [0.3, 0.4) is 0 Å². The Hall–Kier alpha value is -2.53. The van der Waals surface area contributed by atoms with Gasteiger partial charge in [0.25, 0.3) is 0 Å². The van der Waals surface area contributed by atoms with Gasteiger partial charge in [-0.2, -0.15) is 0 Å². The number of nitrogen functional groups attached to an aromatic ring is 1. The monoisotopic (exact) mass is 380 g/mol. The molecule has 0 saturated carbocycles. The lowest BCUT2D eigenvalue weighted by Crippen LogP contribution is -2.28. The lowest BCUT2D eigenvalue weighted by atomic mass is 9.86. The van der Waals surface area contributed by atoms with Crippen LogP contribution in [-0.2, 0) is 5.41 Å². The lowest BCUT2D eigenvalue weighted by molar-refractivity contribution is 0.316. The second kappa shape index (κ2) is 7.84. The van der Waals surface area contributed by atoms with Crippen LogP contribution in [0.5, 0.6) is 0 Å². The number of benzene rings is 2. The molecular weight excluding hydrogens is 348 g/mol. The zero-order valence-electron chi connectivity index (χ0n) is 17.6. The maximum Gasteiger partial charge on any atom is 0.199 e. The number of nitrogens with two attached hydrogens (primary N) is 1. The largest absolute Gasteiger partial charge is 0.397 e. The van der Waals surface area contributed by atoms with Crippen LogP contribution in [0.4, 0.5) is 11.4 Å². The fraction of sp³-hybridized carbons (Fsp3) is 0.435. The quantitative estimate of drug-likeness (QED) is 0.440. The van der Waals surface area contributed by atoms with E-state index < -0.39 is 0 Å². The molecule has 0 atom stereocenters. The average molecular weight is 381 g/mol. The summed E-state index contributed by atoms with van der Waals surface area (Å²) in [7, 11) is 0. The van der Waals surface area contributed by atoms with Crippen molar-refractivity contribution in [2.45, 2.75) is 40.0 Å². The number of fused-ring (bicyclic) bond motifs is 2. The minimum Gasteiger partial charge on any atom is -0.397 e. The van der Waals surface area contributed by atoms with Gasteiger partial charge in [-0.1, -0.05) is 40.7 Å². The molecule has 5 nitrogen and oxygen atoms in total. The summed E-state index contributed by atoms with van der Waals surface area (Å²) >= 11 is 0. The highest BCUT2D eigenvalue weighted by Gasteiger charge is 2.17. The van der Waals surface area contributed by atoms with E-state index in [1.165, 1.54) is 0 Å². The number of nitrogens with one attached hydrogen (secondary N) is 2. The molecule has 28 heavy (non-hydrogen) atoms. The lowest BCUT2D eigenvalue weighted by Gasteiger charge is -2.20. The molecule has 0 saturated heterocycles. The molecule has 150 valence electrons. The summed E-state index contributed by atoms with van der Waals surface area (Å²) in [5, 5.41) is 4.79. The average Bonchev–Trinajstić information content (AvgIpc) is 2.66. The molecule has 5 heteroatoms. The molecule has 0 fully saturated rings. The first-order chi connectivity index (χ1) is 13.3. The Morgan fingerprint density at radius 1 is 1.11 bits per heavy atom. The number of anilines is 2. The highest BCUT2D eigenvalue weighted by atomic mass is 16.1. The minimum atomic E-state index is -0.0177. The van der Waals surface area contributed by atoms with Gasteiger partial charge in [0.2, 0.25) is 0 Å². The second-order valence-corrected chi connectivity index (χ2v) is 8.37. The number of likely N-dealkylation sites (N-methyl/N-ethyl adjacent to an activating group) is 1. The SMILES string of the molecule is CCN(CC)CCNc1ccc(N)c2[nH]c3ccc(C(C)(C)C)cc3c(=O)c12. The number of aromatic amines is 1. The Bertz CT molecular complexity index is 1040. The first-order valence-electron chi connectivity index (χ1n) is 10.1. The zero-order valence-corrected chi connectivity index (χ0v) is 17.6. The van der Waals surface area contributed by atoms with Gasteiger partial charge in [-0.3, -0.25) is 4.79 Å². The van der Waals surface area contributed by atoms with E-state index in [0.29, 0.717) is 22.0 Å². The Balaban J connectivity index is 2.11. The maximum absolute atomic E-state index is 13.4. The van der Waals surface area contributed by atoms with Gasteiger partial charge in [-0.15, -0.1) is 0 Å². The predicted molar refractivity (Wildman–Crippen MR) is 121 cm³/mol. The van der Waals surface area contributed by atoms with Crippen molar-refractivity contribution >= 4 is 33.2 Å². The van der Waals surface area contributed by atoms with Gasteiger partial charge in [-0.05, 0) is 48.3 Å². The Kier molecular flexibility index (Phi) is 5.66. The molecule has 0 radical (unpaired) electrons. The Labute approximate surface area is 166 Å². The minimum absolute atomic E-state index is 0.0177. The molecule has 4 N–H and O–H groups in total. The topological polar surface area (TPSA) is 74.2 Å². The molecule has 0 spiro atoms. The summed E-state index contributed by atoms with van der Waals surface area (Å²) in [6, 6.07) is 9.83. The first-order valence-corrected chi connectivity index (χ1v) is 10.1. The summed E-state index contributed by atoms with van der Waals surface area (Å²) in [4.78, 5) is 19.2. The third kappa shape index (κ3) is 3.85. The molecule has 0 aliphatic carbocycles. The van der Waals surface area contributed by atoms with Crippen LogP contribution in [0.1, 0.15) is 40.2 Å². The standard InChI is InChI=1S/C23H32N4O/c1-6-27(7-2)13-12-25-19-11-9-17(24)21-20(19)22(28)16-14-15(23(3,4)5)8-10-18(16)26-21/h8-11,14,25H,6-7,12-13,24H2,1-5H3,(H,26,28). The fourth-order valence-electron chi connectivity index (χ4n) is 3.60. The summed E-state index contributed by atoms with van der Waals surface area (Å²) in [5.41, 5.74) is 10.3. The number of pyridine rings is 1. The van der Waals surface area contributed by atoms with Crippen LogP contribution in [0.25, 0.3) is 21.8 Å². The van der Waals surface area contributed by atoms with Crippen LogP contribution in [0.2, 0.25) is 0 Å². The Morgan fingerprint density at radius 3 is 2.46 bits per heavy atom. The molecule has 2 aromatic carbocycles. The molecule has 1 aromatic heterocycles. The van der Waals surface area contributed by atoms with Crippen molar-refractivity contribution < 1.29 is 0 Å². The Morgan fingerprint density at radius 2 is 1.82 bits per heavy atom. The van der Waals surface area contributed by atoms with Gasteiger partial charge in [0.05, 0.1) is 16.6 Å². The number of rotatable bonds is 6. The van der Waals surface area contributed by atoms with Crippen molar-refractivity contribution in [3.05, 3.63) is 46.1 Å². The first kappa shape index (κ1) is 20.2. The van der Waals surface area contributed by atoms with Gasteiger partial charge in [0.1, 0.15) is 0 Å². The zero-order chi connectivity index (χ0) is 20.5. The van der Waals surface area contributed by atoms with Crippen LogP contribution >= 0.6 is 0 Å². The van der Waals surface area contributed by atoms with Crippen molar-refractivity contribution in [1.29, 1.82) is 0 Å². The van der Waals surface area contributed by atoms with Crippen molar-refractivity contribution in [3.63, 3.8) is 0 Å². The number of hydrogen-bond acceptors (Lipinski definition) is 4. The van der Waals surface area contributed by atoms with Crippen LogP contribution in [0, 0.1) is 0 Å². The normalized spacial score (nSPS) is 12.2. The summed E-state index contributed by atoms with van der Waals surface area (Å²) in [6.45, 7) is 14.5. The summed E-state index contributed by atoms with van der Waals surface area (Å²) in [6.07, 6.45) is 0. The summed E-state index contributed by atoms with van der Waals surface area (Å²) in [5.74, 6) is 0. The molecule has 1 heterocycles. The molecule has 3 aromatic rings. The third-order valence-corrected chi connectivity index (χ3v) is 5.49. The van der Waals surface area contributed by atoms with Gasteiger partial charge < -0.3 is 20.9 Å². The van der Waals surface area contributed by atoms with Crippen molar-refractivity contribution in [2.24, 2.45) is 0 Å². The molecule has 0 aliphatic rings. The van der Waals surface area contributed by atoms with Gasteiger partial charge in [0, 0.05) is 29.7 Å². The number of hydrogen-bond donors (Lipinski definition) is 3. The maximum atomic E-state index is 13.4. The van der Waals surface area contributed by atoms with E-state index in [0.717, 1.165) is 42.9 Å². The molecule has 3 rings (SSSR count). The van der Waals surface area contributed by atoms with E-state index in [1.807, 2.05) is 24.3 Å². The van der Waals surface area contributed by atoms with E-state index in [2.05, 4.69) is 55.9 Å². The van der Waals surface area contributed by atoms with Crippen molar-refractivity contribution in [3.8, 4) is 0 Å². The number of aromatic nitrogens is 1. The molecule has 0 bridgehead atoms. The fourth-order valence-corrected chi connectivity index (χ4v) is 3.60. The van der Waals surface area contributed by atoms with Gasteiger partial charge >= 0.3 is 0 Å². The molecule has 0 aliphatic heterocycles. The highest BCUT2D eigenvalue weighted by Crippen LogP contribution is 2.29. The van der Waals surface area contributed by atoms with E-state index in [1.54, 1.807) is 0 Å². The van der Waals surface area contributed by atoms with E-state index in [-0.39, 0.29) is 10.8 Å². The molecular formula is C23H32N4O. The van der Waals surface area contributed by atoms with E-state index in [9.17, 15) is 4.79 Å². The van der Waals surface area contributed by atoms with Gasteiger partial charge in [-0.25, -0.2) is 0 Å². The van der Waals surface area contributed by atoms with E-state index >= 15 is 0 Å². The predicted octanol–water partition coefficient (Wildman–Crippen LogP) is 4.31. The van der Waals surface area contributed by atoms with Crippen LogP contribution in [-0.4, -0.2) is 36.1 Å². The molecule has 0 unspecified atom stereocenters. The van der Waals surface area contributed by atoms with Gasteiger partial charge in [0.15, 0.2) is 5.43 Å².